The Morgan fingerprint density at radius 2 is 1.93 bits per heavy atom. The molecule has 0 saturated heterocycles. The lowest BCUT2D eigenvalue weighted by Crippen LogP contribution is -2.44. The highest BCUT2D eigenvalue weighted by Crippen LogP contribution is 2.40. The monoisotopic (exact) mass is 469 g/mol. The molecular formula is C21H28BrNO4S. The lowest BCUT2D eigenvalue weighted by molar-refractivity contribution is 0.290. The van der Waals surface area contributed by atoms with Crippen molar-refractivity contribution >= 4 is 26.0 Å². The van der Waals surface area contributed by atoms with Gasteiger partial charge in [-0.15, -0.1) is 6.58 Å². The molecule has 154 valence electrons. The molecule has 0 spiro atoms. The molecule has 0 N–H and O–H groups in total. The number of ether oxygens (including phenoxy) is 2. The Morgan fingerprint density at radius 3 is 2.46 bits per heavy atom. The fourth-order valence-electron chi connectivity index (χ4n) is 3.53. The third-order valence-electron chi connectivity index (χ3n) is 5.17. The van der Waals surface area contributed by atoms with Gasteiger partial charge in [0, 0.05) is 23.1 Å². The fraction of sp³-hybridized carbons (Fsp3) is 0.429. The molecule has 1 aromatic carbocycles. The smallest absolute Gasteiger partial charge is 0.245 e. The van der Waals surface area contributed by atoms with Crippen molar-refractivity contribution in [1.29, 1.82) is 0 Å². The summed E-state index contributed by atoms with van der Waals surface area (Å²) in [5.41, 5.74) is 1.99. The highest BCUT2D eigenvalue weighted by atomic mass is 79.9. The highest BCUT2D eigenvalue weighted by molar-refractivity contribution is 9.10. The van der Waals surface area contributed by atoms with Crippen molar-refractivity contribution in [3.63, 3.8) is 0 Å². The van der Waals surface area contributed by atoms with Gasteiger partial charge in [-0.1, -0.05) is 30.4 Å². The van der Waals surface area contributed by atoms with E-state index in [1.165, 1.54) is 24.6 Å². The second-order valence-corrected chi connectivity index (χ2v) is 9.71. The topological polar surface area (TPSA) is 55.8 Å². The van der Waals surface area contributed by atoms with Crippen LogP contribution in [-0.2, 0) is 10.0 Å². The summed E-state index contributed by atoms with van der Waals surface area (Å²) < 4.78 is 39.7. The number of halogens is 1. The first-order chi connectivity index (χ1) is 13.2. The van der Waals surface area contributed by atoms with Crippen LogP contribution in [0.2, 0.25) is 0 Å². The number of hydrogen-bond donors (Lipinski definition) is 0. The van der Waals surface area contributed by atoms with Gasteiger partial charge in [0.05, 0.1) is 14.2 Å². The molecule has 1 aliphatic carbocycles. The summed E-state index contributed by atoms with van der Waals surface area (Å²) in [5.74, 6) is 1.07. The van der Waals surface area contributed by atoms with Crippen LogP contribution in [0.4, 0.5) is 0 Å². The third kappa shape index (κ3) is 4.53. The van der Waals surface area contributed by atoms with Gasteiger partial charge in [-0.2, -0.15) is 4.31 Å². The van der Waals surface area contributed by atoms with Crippen LogP contribution in [0.5, 0.6) is 11.5 Å². The van der Waals surface area contributed by atoms with Gasteiger partial charge in [0.1, 0.15) is 4.90 Å². The van der Waals surface area contributed by atoms with Gasteiger partial charge in [-0.3, -0.25) is 0 Å². The number of allylic oxidation sites excluding steroid dienone is 1. The summed E-state index contributed by atoms with van der Waals surface area (Å²) in [6.45, 7) is 14.2. The minimum Gasteiger partial charge on any atom is -0.493 e. The van der Waals surface area contributed by atoms with E-state index in [0.29, 0.717) is 22.4 Å². The standard InChI is InChI=1S/C21H28BrNO4S/c1-7-10-23(18-11-16(14(2)3)9-8-15(18)4)28(24,25)21-13-20(27-6)19(26-5)12-17(21)22/h7,12-13,16,18H,1-2,4,8-11H2,3,5-6H3/t16-,18+/m0/s1. The molecule has 1 aromatic rings. The number of sulfonamides is 1. The number of benzene rings is 1. The maximum atomic E-state index is 13.6. The summed E-state index contributed by atoms with van der Waals surface area (Å²) in [4.78, 5) is 0.122. The van der Waals surface area contributed by atoms with Gasteiger partial charge in [-0.25, -0.2) is 8.42 Å². The molecule has 2 atom stereocenters. The first-order valence-corrected chi connectivity index (χ1v) is 11.3. The number of methoxy groups -OCH3 is 2. The van der Waals surface area contributed by atoms with Crippen LogP contribution in [0.1, 0.15) is 26.2 Å². The molecular weight excluding hydrogens is 442 g/mol. The van der Waals surface area contributed by atoms with Gasteiger partial charge < -0.3 is 9.47 Å². The van der Waals surface area contributed by atoms with E-state index in [0.717, 1.165) is 24.0 Å². The van der Waals surface area contributed by atoms with Crippen molar-refractivity contribution in [2.24, 2.45) is 5.92 Å². The molecule has 0 unspecified atom stereocenters. The average Bonchev–Trinajstić information content (AvgIpc) is 2.65. The molecule has 0 radical (unpaired) electrons. The Labute approximate surface area is 176 Å². The molecule has 1 saturated carbocycles. The summed E-state index contributed by atoms with van der Waals surface area (Å²) in [6.07, 6.45) is 4.00. The zero-order valence-electron chi connectivity index (χ0n) is 16.7. The summed E-state index contributed by atoms with van der Waals surface area (Å²) in [6, 6.07) is 2.78. The van der Waals surface area contributed by atoms with E-state index in [1.54, 1.807) is 12.1 Å². The number of nitrogens with zero attached hydrogens (tertiary/aromatic N) is 1. The normalized spacial score (nSPS) is 20.1. The van der Waals surface area contributed by atoms with E-state index in [9.17, 15) is 8.42 Å². The van der Waals surface area contributed by atoms with E-state index in [4.69, 9.17) is 9.47 Å². The third-order valence-corrected chi connectivity index (χ3v) is 8.00. The molecule has 5 nitrogen and oxygen atoms in total. The van der Waals surface area contributed by atoms with Crippen molar-refractivity contribution < 1.29 is 17.9 Å². The van der Waals surface area contributed by atoms with Gasteiger partial charge in [0.25, 0.3) is 0 Å². The Balaban J connectivity index is 2.54. The molecule has 1 aliphatic rings. The Hall–Kier alpha value is -1.57. The van der Waals surface area contributed by atoms with Crippen molar-refractivity contribution in [3.8, 4) is 11.5 Å². The Kier molecular flexibility index (Phi) is 7.53. The molecule has 0 aromatic heterocycles. The minimum atomic E-state index is -3.84. The van der Waals surface area contributed by atoms with E-state index >= 15 is 0 Å². The predicted molar refractivity (Wildman–Crippen MR) is 116 cm³/mol. The van der Waals surface area contributed by atoms with Crippen LogP contribution in [0, 0.1) is 5.92 Å². The van der Waals surface area contributed by atoms with Crippen LogP contribution >= 0.6 is 15.9 Å². The van der Waals surface area contributed by atoms with Crippen LogP contribution < -0.4 is 9.47 Å². The molecule has 0 amide bonds. The SMILES string of the molecule is C=CCN([C@@H]1C[C@@H](C(=C)C)CCC1=C)S(=O)(=O)c1cc(OC)c(OC)cc1Br. The van der Waals surface area contributed by atoms with E-state index in [1.807, 2.05) is 6.92 Å². The van der Waals surface area contributed by atoms with E-state index < -0.39 is 10.0 Å². The molecule has 7 heteroatoms. The van der Waals surface area contributed by atoms with Gasteiger partial charge >= 0.3 is 0 Å². The van der Waals surface area contributed by atoms with Gasteiger partial charge in [0.15, 0.2) is 11.5 Å². The fourth-order valence-corrected chi connectivity index (χ4v) is 6.15. The lowest BCUT2D eigenvalue weighted by Gasteiger charge is -2.38. The van der Waals surface area contributed by atoms with Crippen LogP contribution in [0.3, 0.4) is 0 Å². The maximum absolute atomic E-state index is 13.6. The first kappa shape index (κ1) is 22.7. The predicted octanol–water partition coefficient (Wildman–Crippen LogP) is 4.94. The van der Waals surface area contributed by atoms with Crippen LogP contribution in [0.25, 0.3) is 0 Å². The number of rotatable bonds is 8. The second kappa shape index (κ2) is 9.29. The first-order valence-electron chi connectivity index (χ1n) is 9.04. The zero-order chi connectivity index (χ0) is 21.1. The van der Waals surface area contributed by atoms with Crippen molar-refractivity contribution in [3.05, 3.63) is 53.6 Å². The molecule has 28 heavy (non-hydrogen) atoms. The molecule has 0 aliphatic heterocycles. The quantitative estimate of drug-likeness (QED) is 0.505. The second-order valence-electron chi connectivity index (χ2n) is 6.99. The summed E-state index contributed by atoms with van der Waals surface area (Å²) >= 11 is 3.38. The Morgan fingerprint density at radius 1 is 1.32 bits per heavy atom. The van der Waals surface area contributed by atoms with Crippen LogP contribution in [0.15, 0.2) is 58.5 Å². The lowest BCUT2D eigenvalue weighted by atomic mass is 9.80. The Bertz CT molecular complexity index is 879. The van der Waals surface area contributed by atoms with Crippen molar-refractivity contribution in [1.82, 2.24) is 4.31 Å². The van der Waals surface area contributed by atoms with Crippen molar-refractivity contribution in [2.45, 2.75) is 37.1 Å². The van der Waals surface area contributed by atoms with Crippen molar-refractivity contribution in [2.75, 3.05) is 20.8 Å². The minimum absolute atomic E-state index is 0.122. The van der Waals surface area contributed by atoms with Crippen LogP contribution in [-0.4, -0.2) is 39.5 Å². The largest absolute Gasteiger partial charge is 0.493 e. The summed E-state index contributed by atoms with van der Waals surface area (Å²) in [5, 5.41) is 0. The van der Waals surface area contributed by atoms with E-state index in [2.05, 4.69) is 35.7 Å². The molecule has 0 heterocycles. The number of hydrogen-bond acceptors (Lipinski definition) is 4. The van der Waals surface area contributed by atoms with Gasteiger partial charge in [0.2, 0.25) is 10.0 Å². The summed E-state index contributed by atoms with van der Waals surface area (Å²) in [7, 11) is -0.861. The molecule has 1 fully saturated rings. The zero-order valence-corrected chi connectivity index (χ0v) is 19.1. The molecule has 0 bridgehead atoms. The maximum Gasteiger partial charge on any atom is 0.245 e. The molecule has 2 rings (SSSR count). The highest BCUT2D eigenvalue weighted by Gasteiger charge is 2.37. The van der Waals surface area contributed by atoms with Gasteiger partial charge in [-0.05, 0) is 54.1 Å². The average molecular weight is 470 g/mol. The van der Waals surface area contributed by atoms with E-state index in [-0.39, 0.29) is 23.4 Å².